The molecule has 1 aliphatic heterocycles. The number of hydrogen-bond acceptors (Lipinski definition) is 4. The van der Waals surface area contributed by atoms with E-state index >= 15 is 0 Å². The molecule has 2 rings (SSSR count). The Morgan fingerprint density at radius 1 is 1.44 bits per heavy atom. The first-order chi connectivity index (χ1) is 8.63. The number of oxime groups is 1. The van der Waals surface area contributed by atoms with Gasteiger partial charge in [-0.05, 0) is 12.1 Å². The van der Waals surface area contributed by atoms with Crippen LogP contribution < -0.4 is 10.6 Å². The van der Waals surface area contributed by atoms with Gasteiger partial charge in [0.15, 0.2) is 5.84 Å². The molecule has 0 amide bonds. The molecular weight excluding hydrogens is 257 g/mol. The van der Waals surface area contributed by atoms with Crippen molar-refractivity contribution < 1.29 is 13.8 Å². The molecule has 18 heavy (non-hydrogen) atoms. The number of nitrogens with two attached hydrogens (primary N) is 1. The predicted molar refractivity (Wildman–Crippen MR) is 69.0 cm³/mol. The van der Waals surface area contributed by atoms with E-state index in [1.54, 1.807) is 12.1 Å². The molecule has 1 saturated heterocycles. The maximum Gasteiger partial charge on any atom is 0.175 e. The minimum atomic E-state index is -0.805. The van der Waals surface area contributed by atoms with Gasteiger partial charge >= 0.3 is 0 Å². The van der Waals surface area contributed by atoms with E-state index in [1.807, 2.05) is 4.90 Å². The molecule has 0 saturated carbocycles. The van der Waals surface area contributed by atoms with Gasteiger partial charge in [-0.15, -0.1) is 0 Å². The summed E-state index contributed by atoms with van der Waals surface area (Å²) >= 11 is 0. The van der Waals surface area contributed by atoms with Crippen molar-refractivity contribution in [3.63, 3.8) is 0 Å². The maximum absolute atomic E-state index is 13.8. The summed E-state index contributed by atoms with van der Waals surface area (Å²) in [5.41, 5.74) is 6.16. The van der Waals surface area contributed by atoms with Crippen LogP contribution in [0.3, 0.4) is 0 Å². The topological polar surface area (TPSA) is 78.9 Å². The van der Waals surface area contributed by atoms with Crippen molar-refractivity contribution in [2.24, 2.45) is 10.9 Å². The summed E-state index contributed by atoms with van der Waals surface area (Å²) in [6.07, 6.45) is 0. The molecule has 3 N–H and O–H groups in total. The molecule has 0 aliphatic carbocycles. The Balaban J connectivity index is 2.38. The highest BCUT2D eigenvalue weighted by atomic mass is 32.2. The SMILES string of the molecule is NC(=NO)c1c(F)cccc1N1CCS(=O)CC1. The second-order valence-electron chi connectivity index (χ2n) is 3.95. The fourth-order valence-electron chi connectivity index (χ4n) is 1.96. The summed E-state index contributed by atoms with van der Waals surface area (Å²) in [4.78, 5) is 1.90. The quantitative estimate of drug-likeness (QED) is 0.355. The Labute approximate surface area is 107 Å². The van der Waals surface area contributed by atoms with E-state index in [1.165, 1.54) is 6.07 Å². The Bertz CT molecular complexity index is 497. The van der Waals surface area contributed by atoms with Crippen molar-refractivity contribution in [3.05, 3.63) is 29.6 Å². The van der Waals surface area contributed by atoms with Gasteiger partial charge in [-0.3, -0.25) is 4.21 Å². The second-order valence-corrected chi connectivity index (χ2v) is 5.65. The standard InChI is InChI=1S/C11H14FN3O2S/c12-8-2-1-3-9(10(8)11(13)14-16)15-4-6-18(17)7-5-15/h1-3,16H,4-7H2,(H2,13,14). The molecule has 1 aromatic rings. The van der Waals surface area contributed by atoms with Gasteiger partial charge < -0.3 is 15.8 Å². The first kappa shape index (κ1) is 12.8. The monoisotopic (exact) mass is 271 g/mol. The first-order valence-electron chi connectivity index (χ1n) is 5.50. The lowest BCUT2D eigenvalue weighted by Gasteiger charge is -2.30. The fourth-order valence-corrected chi connectivity index (χ4v) is 3.01. The third-order valence-corrected chi connectivity index (χ3v) is 4.15. The van der Waals surface area contributed by atoms with Gasteiger partial charge in [0.05, 0.1) is 11.3 Å². The highest BCUT2D eigenvalue weighted by Crippen LogP contribution is 2.24. The zero-order chi connectivity index (χ0) is 13.1. The summed E-state index contributed by atoms with van der Waals surface area (Å²) < 4.78 is 25.1. The normalized spacial score (nSPS) is 18.1. The minimum absolute atomic E-state index is 0.0904. The average molecular weight is 271 g/mol. The molecule has 98 valence electrons. The van der Waals surface area contributed by atoms with E-state index in [0.717, 1.165) is 0 Å². The molecule has 0 radical (unpaired) electrons. The summed E-state index contributed by atoms with van der Waals surface area (Å²) in [5, 5.41) is 11.6. The van der Waals surface area contributed by atoms with Gasteiger partial charge in [0, 0.05) is 35.4 Å². The zero-order valence-corrected chi connectivity index (χ0v) is 10.5. The van der Waals surface area contributed by atoms with Gasteiger partial charge in [-0.2, -0.15) is 0 Å². The van der Waals surface area contributed by atoms with Crippen molar-refractivity contribution in [2.45, 2.75) is 0 Å². The summed E-state index contributed by atoms with van der Waals surface area (Å²) in [6, 6.07) is 4.55. The lowest BCUT2D eigenvalue weighted by Crippen LogP contribution is -2.39. The van der Waals surface area contributed by atoms with Crippen molar-refractivity contribution in [3.8, 4) is 0 Å². The minimum Gasteiger partial charge on any atom is -0.409 e. The number of anilines is 1. The maximum atomic E-state index is 13.8. The van der Waals surface area contributed by atoms with Crippen molar-refractivity contribution in [1.82, 2.24) is 0 Å². The highest BCUT2D eigenvalue weighted by molar-refractivity contribution is 7.85. The lowest BCUT2D eigenvalue weighted by atomic mass is 10.1. The van der Waals surface area contributed by atoms with Gasteiger partial charge in [0.25, 0.3) is 0 Å². The molecule has 1 aliphatic rings. The van der Waals surface area contributed by atoms with E-state index in [0.29, 0.717) is 30.3 Å². The van der Waals surface area contributed by atoms with Crippen LogP contribution in [-0.2, 0) is 10.8 Å². The Morgan fingerprint density at radius 3 is 2.72 bits per heavy atom. The van der Waals surface area contributed by atoms with E-state index in [-0.39, 0.29) is 11.4 Å². The summed E-state index contributed by atoms with van der Waals surface area (Å²) in [5.74, 6) is 0.308. The van der Waals surface area contributed by atoms with Crippen LogP contribution in [0.1, 0.15) is 5.56 Å². The van der Waals surface area contributed by atoms with Crippen LogP contribution >= 0.6 is 0 Å². The van der Waals surface area contributed by atoms with E-state index in [2.05, 4.69) is 5.16 Å². The fraction of sp³-hybridized carbons (Fsp3) is 0.364. The van der Waals surface area contributed by atoms with Crippen LogP contribution in [0.4, 0.5) is 10.1 Å². The lowest BCUT2D eigenvalue weighted by molar-refractivity contribution is 0.318. The molecule has 1 aromatic carbocycles. The van der Waals surface area contributed by atoms with Gasteiger partial charge in [0.1, 0.15) is 5.82 Å². The number of halogens is 1. The van der Waals surface area contributed by atoms with Gasteiger partial charge in [-0.1, -0.05) is 11.2 Å². The average Bonchev–Trinajstić information content (AvgIpc) is 2.38. The third-order valence-electron chi connectivity index (χ3n) is 2.87. The Morgan fingerprint density at radius 2 is 2.11 bits per heavy atom. The molecule has 5 nitrogen and oxygen atoms in total. The zero-order valence-electron chi connectivity index (χ0n) is 9.67. The van der Waals surface area contributed by atoms with E-state index in [4.69, 9.17) is 10.9 Å². The molecule has 0 bridgehead atoms. The largest absolute Gasteiger partial charge is 0.409 e. The van der Waals surface area contributed by atoms with Crippen molar-refractivity contribution in [2.75, 3.05) is 29.5 Å². The van der Waals surface area contributed by atoms with Crippen LogP contribution in [0.15, 0.2) is 23.4 Å². The predicted octanol–water partition coefficient (Wildman–Crippen LogP) is 0.489. The first-order valence-corrected chi connectivity index (χ1v) is 6.98. The number of rotatable bonds is 2. The molecular formula is C11H14FN3O2S. The van der Waals surface area contributed by atoms with Crippen LogP contribution in [0.25, 0.3) is 0 Å². The summed E-state index contributed by atoms with van der Waals surface area (Å²) in [7, 11) is -0.805. The molecule has 7 heteroatoms. The number of nitrogens with zero attached hydrogens (tertiary/aromatic N) is 2. The smallest absolute Gasteiger partial charge is 0.175 e. The van der Waals surface area contributed by atoms with Crippen LogP contribution in [-0.4, -0.2) is 39.8 Å². The van der Waals surface area contributed by atoms with Crippen LogP contribution in [0, 0.1) is 5.82 Å². The van der Waals surface area contributed by atoms with Crippen LogP contribution in [0.5, 0.6) is 0 Å². The summed E-state index contributed by atoms with van der Waals surface area (Å²) in [6.45, 7) is 1.14. The third kappa shape index (κ3) is 2.45. The molecule has 0 aromatic heterocycles. The molecule has 1 fully saturated rings. The molecule has 1 heterocycles. The van der Waals surface area contributed by atoms with Gasteiger partial charge in [0.2, 0.25) is 0 Å². The van der Waals surface area contributed by atoms with E-state index < -0.39 is 16.6 Å². The van der Waals surface area contributed by atoms with Crippen molar-refractivity contribution in [1.29, 1.82) is 0 Å². The Hall–Kier alpha value is -1.63. The number of benzene rings is 1. The van der Waals surface area contributed by atoms with Crippen LogP contribution in [0.2, 0.25) is 0 Å². The number of amidine groups is 1. The Kier molecular flexibility index (Phi) is 3.81. The second kappa shape index (κ2) is 5.34. The number of hydrogen-bond donors (Lipinski definition) is 2. The van der Waals surface area contributed by atoms with E-state index in [9.17, 15) is 8.60 Å². The molecule has 0 spiro atoms. The highest BCUT2D eigenvalue weighted by Gasteiger charge is 2.21. The van der Waals surface area contributed by atoms with Gasteiger partial charge in [-0.25, -0.2) is 4.39 Å². The molecule has 0 unspecified atom stereocenters. The molecule has 0 atom stereocenters. The van der Waals surface area contributed by atoms with Crippen molar-refractivity contribution >= 4 is 22.3 Å².